The molecular formula is C12H11N5O2S. The summed E-state index contributed by atoms with van der Waals surface area (Å²) < 4.78 is 3.52. The lowest BCUT2D eigenvalue weighted by Crippen LogP contribution is -2.08. The van der Waals surface area contributed by atoms with Crippen LogP contribution < -0.4 is 0 Å². The van der Waals surface area contributed by atoms with Crippen LogP contribution in [0.3, 0.4) is 0 Å². The number of aromatic nitrogens is 5. The molecule has 0 unspecified atom stereocenters. The Morgan fingerprint density at radius 3 is 3.00 bits per heavy atom. The topological polar surface area (TPSA) is 85.8 Å². The Hall–Kier alpha value is -2.48. The molecule has 0 atom stereocenters. The van der Waals surface area contributed by atoms with Crippen molar-refractivity contribution in [2.24, 2.45) is 0 Å². The first-order valence-electron chi connectivity index (χ1n) is 5.92. The lowest BCUT2D eigenvalue weighted by molar-refractivity contribution is 0.0690. The predicted molar refractivity (Wildman–Crippen MR) is 72.5 cm³/mol. The third-order valence-electron chi connectivity index (χ3n) is 2.78. The van der Waals surface area contributed by atoms with Crippen molar-refractivity contribution in [3.05, 3.63) is 41.8 Å². The highest BCUT2D eigenvalue weighted by atomic mass is 32.1. The molecule has 0 aromatic carbocycles. The van der Waals surface area contributed by atoms with Gasteiger partial charge in [0.15, 0.2) is 5.69 Å². The van der Waals surface area contributed by atoms with Crippen molar-refractivity contribution in [1.29, 1.82) is 0 Å². The van der Waals surface area contributed by atoms with Crippen LogP contribution in [-0.4, -0.2) is 35.6 Å². The fraction of sp³-hybridized carbons (Fsp3) is 0.167. The van der Waals surface area contributed by atoms with E-state index in [-0.39, 0.29) is 5.69 Å². The van der Waals surface area contributed by atoms with Crippen LogP contribution in [0.25, 0.3) is 10.7 Å². The Kier molecular flexibility index (Phi) is 3.30. The molecule has 3 heterocycles. The van der Waals surface area contributed by atoms with Crippen LogP contribution in [0.1, 0.15) is 10.5 Å². The zero-order chi connectivity index (χ0) is 13.9. The van der Waals surface area contributed by atoms with Crippen LogP contribution in [-0.2, 0) is 13.1 Å². The summed E-state index contributed by atoms with van der Waals surface area (Å²) in [6.07, 6.45) is 5.06. The molecule has 0 bridgehead atoms. The Labute approximate surface area is 118 Å². The standard InChI is InChI=1S/C12H11N5O2S/c18-12(19)9-8-17(15-14-9)6-5-16-4-3-13-11(16)10-2-1-7-20-10/h1-4,7-8H,5-6H2,(H,18,19). The fourth-order valence-corrected chi connectivity index (χ4v) is 2.57. The van der Waals surface area contributed by atoms with E-state index in [1.807, 2.05) is 28.3 Å². The number of nitrogens with zero attached hydrogens (tertiary/aromatic N) is 5. The summed E-state index contributed by atoms with van der Waals surface area (Å²) in [6, 6.07) is 4.00. The molecule has 0 amide bonds. The van der Waals surface area contributed by atoms with Gasteiger partial charge in [0.25, 0.3) is 0 Å². The van der Waals surface area contributed by atoms with Gasteiger partial charge in [-0.25, -0.2) is 14.5 Å². The molecule has 7 nitrogen and oxygen atoms in total. The van der Waals surface area contributed by atoms with Crippen molar-refractivity contribution < 1.29 is 9.90 Å². The zero-order valence-corrected chi connectivity index (χ0v) is 11.2. The first-order chi connectivity index (χ1) is 9.74. The van der Waals surface area contributed by atoms with E-state index in [2.05, 4.69) is 15.3 Å². The molecule has 0 saturated heterocycles. The molecule has 1 N–H and O–H groups in total. The van der Waals surface area contributed by atoms with Gasteiger partial charge < -0.3 is 9.67 Å². The zero-order valence-electron chi connectivity index (χ0n) is 10.4. The first-order valence-corrected chi connectivity index (χ1v) is 6.80. The number of carboxylic acid groups (broad SMARTS) is 1. The number of hydrogen-bond donors (Lipinski definition) is 1. The summed E-state index contributed by atoms with van der Waals surface area (Å²) >= 11 is 1.63. The average Bonchev–Trinajstić information content (AvgIpc) is 3.17. The van der Waals surface area contributed by atoms with Crippen LogP contribution in [0, 0.1) is 0 Å². The number of carboxylic acids is 1. The second kappa shape index (κ2) is 5.25. The Balaban J connectivity index is 1.72. The molecule has 0 radical (unpaired) electrons. The van der Waals surface area contributed by atoms with E-state index >= 15 is 0 Å². The third kappa shape index (κ3) is 2.45. The monoisotopic (exact) mass is 289 g/mol. The molecule has 0 aliphatic heterocycles. The van der Waals surface area contributed by atoms with Gasteiger partial charge in [-0.05, 0) is 11.4 Å². The van der Waals surface area contributed by atoms with Gasteiger partial charge in [0.2, 0.25) is 0 Å². The number of hydrogen-bond acceptors (Lipinski definition) is 5. The van der Waals surface area contributed by atoms with E-state index in [4.69, 9.17) is 5.11 Å². The van der Waals surface area contributed by atoms with Crippen LogP contribution in [0.4, 0.5) is 0 Å². The van der Waals surface area contributed by atoms with Gasteiger partial charge in [-0.2, -0.15) is 0 Å². The number of imidazole rings is 1. The van der Waals surface area contributed by atoms with E-state index in [0.717, 1.165) is 10.7 Å². The summed E-state index contributed by atoms with van der Waals surface area (Å²) in [7, 11) is 0. The van der Waals surface area contributed by atoms with E-state index in [1.165, 1.54) is 10.9 Å². The van der Waals surface area contributed by atoms with Crippen molar-refractivity contribution in [3.63, 3.8) is 0 Å². The SMILES string of the molecule is O=C(O)c1cn(CCn2ccnc2-c2cccs2)nn1. The van der Waals surface area contributed by atoms with Crippen molar-refractivity contribution >= 4 is 17.3 Å². The Morgan fingerprint density at radius 2 is 2.30 bits per heavy atom. The minimum Gasteiger partial charge on any atom is -0.476 e. The maximum Gasteiger partial charge on any atom is 0.358 e. The van der Waals surface area contributed by atoms with Crippen LogP contribution >= 0.6 is 11.3 Å². The molecule has 8 heteroatoms. The second-order valence-electron chi connectivity index (χ2n) is 4.09. The van der Waals surface area contributed by atoms with Gasteiger partial charge in [-0.3, -0.25) is 0 Å². The maximum absolute atomic E-state index is 10.7. The largest absolute Gasteiger partial charge is 0.476 e. The van der Waals surface area contributed by atoms with E-state index in [0.29, 0.717) is 13.1 Å². The fourth-order valence-electron chi connectivity index (χ4n) is 1.84. The second-order valence-corrected chi connectivity index (χ2v) is 5.04. The molecule has 20 heavy (non-hydrogen) atoms. The summed E-state index contributed by atoms with van der Waals surface area (Å²) in [5, 5.41) is 18.2. The minimum absolute atomic E-state index is 0.0471. The molecule has 102 valence electrons. The van der Waals surface area contributed by atoms with Gasteiger partial charge >= 0.3 is 5.97 Å². The normalized spacial score (nSPS) is 10.8. The predicted octanol–water partition coefficient (Wildman–Crippen LogP) is 1.60. The molecule has 0 fully saturated rings. The van der Waals surface area contributed by atoms with Crippen molar-refractivity contribution in [1.82, 2.24) is 24.5 Å². The quantitative estimate of drug-likeness (QED) is 0.771. The third-order valence-corrected chi connectivity index (χ3v) is 3.65. The van der Waals surface area contributed by atoms with Gasteiger partial charge in [0, 0.05) is 18.9 Å². The summed E-state index contributed by atoms with van der Waals surface area (Å²) in [4.78, 5) is 16.2. The van der Waals surface area contributed by atoms with Gasteiger partial charge in [0.05, 0.1) is 17.6 Å². The Bertz CT molecular complexity index is 716. The molecule has 0 aliphatic carbocycles. The summed E-state index contributed by atoms with van der Waals surface area (Å²) in [5.41, 5.74) is -0.0471. The molecule has 3 aromatic heterocycles. The van der Waals surface area contributed by atoms with E-state index < -0.39 is 5.97 Å². The minimum atomic E-state index is -1.07. The smallest absolute Gasteiger partial charge is 0.358 e. The highest BCUT2D eigenvalue weighted by molar-refractivity contribution is 7.13. The number of aryl methyl sites for hydroxylation is 2. The van der Waals surface area contributed by atoms with Crippen molar-refractivity contribution in [3.8, 4) is 10.7 Å². The first kappa shape index (κ1) is 12.5. The van der Waals surface area contributed by atoms with Gasteiger partial charge in [-0.15, -0.1) is 16.4 Å². The number of aromatic carboxylic acids is 1. The lowest BCUT2D eigenvalue weighted by atomic mass is 10.4. The van der Waals surface area contributed by atoms with Crippen molar-refractivity contribution in [2.45, 2.75) is 13.1 Å². The maximum atomic E-state index is 10.7. The molecule has 3 aromatic rings. The molecule has 0 saturated carbocycles. The van der Waals surface area contributed by atoms with Crippen LogP contribution in [0.2, 0.25) is 0 Å². The molecule has 0 aliphatic rings. The van der Waals surface area contributed by atoms with E-state index in [9.17, 15) is 4.79 Å². The van der Waals surface area contributed by atoms with Gasteiger partial charge in [0.1, 0.15) is 5.82 Å². The van der Waals surface area contributed by atoms with Gasteiger partial charge in [-0.1, -0.05) is 11.3 Å². The van der Waals surface area contributed by atoms with Crippen LogP contribution in [0.5, 0.6) is 0 Å². The van der Waals surface area contributed by atoms with E-state index in [1.54, 1.807) is 17.5 Å². The molecule has 3 rings (SSSR count). The summed E-state index contributed by atoms with van der Waals surface area (Å²) in [5.74, 6) is -0.170. The average molecular weight is 289 g/mol. The van der Waals surface area contributed by atoms with Crippen LogP contribution in [0.15, 0.2) is 36.1 Å². The molecule has 0 spiro atoms. The summed E-state index contributed by atoms with van der Waals surface area (Å²) in [6.45, 7) is 1.19. The highest BCUT2D eigenvalue weighted by Crippen LogP contribution is 2.22. The Morgan fingerprint density at radius 1 is 1.40 bits per heavy atom. The number of carbonyl (C=O) groups is 1. The molecular weight excluding hydrogens is 278 g/mol. The highest BCUT2D eigenvalue weighted by Gasteiger charge is 2.10. The number of rotatable bonds is 5. The number of thiophene rings is 1. The van der Waals surface area contributed by atoms with Crippen molar-refractivity contribution in [2.75, 3.05) is 0 Å². The lowest BCUT2D eigenvalue weighted by Gasteiger charge is -2.06.